The lowest BCUT2D eigenvalue weighted by Crippen LogP contribution is -2.40. The quantitative estimate of drug-likeness (QED) is 0.853. The molecule has 0 aliphatic carbocycles. The Bertz CT molecular complexity index is 686. The van der Waals surface area contributed by atoms with Gasteiger partial charge >= 0.3 is 0 Å². The number of thiazole rings is 1. The Labute approximate surface area is 149 Å². The van der Waals surface area contributed by atoms with Crippen LogP contribution in [-0.4, -0.2) is 65.4 Å². The van der Waals surface area contributed by atoms with Crippen molar-refractivity contribution >= 4 is 28.9 Å². The number of nitrogens with zero attached hydrogens (tertiary/aromatic N) is 3. The maximum absolute atomic E-state index is 12.4. The van der Waals surface area contributed by atoms with Crippen molar-refractivity contribution in [2.45, 2.75) is 37.4 Å². The van der Waals surface area contributed by atoms with E-state index in [-0.39, 0.29) is 17.9 Å². The van der Waals surface area contributed by atoms with E-state index in [2.05, 4.69) is 15.5 Å². The van der Waals surface area contributed by atoms with Crippen molar-refractivity contribution in [2.75, 3.05) is 26.2 Å². The van der Waals surface area contributed by atoms with E-state index in [1.165, 1.54) is 11.3 Å². The highest BCUT2D eigenvalue weighted by atomic mass is 32.1. The largest absolute Gasteiger partial charge is 0.386 e. The SMILES string of the molecule is O=C(NC[C@H]1CCCO1)C1=NO[C@]2(CCN(C(=O)c3cscn3)C2)C1. The third-order valence-corrected chi connectivity index (χ3v) is 5.46. The van der Waals surface area contributed by atoms with Crippen molar-refractivity contribution in [3.63, 3.8) is 0 Å². The fourth-order valence-corrected chi connectivity index (χ4v) is 4.00. The molecule has 2 saturated heterocycles. The zero-order chi connectivity index (χ0) is 17.3. The molecule has 4 rings (SSSR count). The van der Waals surface area contributed by atoms with E-state index in [4.69, 9.17) is 9.57 Å². The molecule has 1 spiro atoms. The number of hydrogen-bond donors (Lipinski definition) is 1. The smallest absolute Gasteiger partial charge is 0.273 e. The Morgan fingerprint density at radius 2 is 2.40 bits per heavy atom. The zero-order valence-corrected chi connectivity index (χ0v) is 14.6. The number of nitrogens with one attached hydrogen (secondary N) is 1. The van der Waals surface area contributed by atoms with Gasteiger partial charge in [0.1, 0.15) is 11.4 Å². The second-order valence-electron chi connectivity index (χ2n) is 6.68. The first-order valence-electron chi connectivity index (χ1n) is 8.48. The molecule has 3 aliphatic heterocycles. The van der Waals surface area contributed by atoms with Crippen molar-refractivity contribution in [2.24, 2.45) is 5.16 Å². The van der Waals surface area contributed by atoms with Crippen LogP contribution in [0.3, 0.4) is 0 Å². The topological polar surface area (TPSA) is 93.1 Å². The molecule has 0 radical (unpaired) electrons. The Morgan fingerprint density at radius 1 is 1.48 bits per heavy atom. The minimum Gasteiger partial charge on any atom is -0.386 e. The van der Waals surface area contributed by atoms with Gasteiger partial charge < -0.3 is 19.8 Å². The summed E-state index contributed by atoms with van der Waals surface area (Å²) in [4.78, 5) is 36.0. The van der Waals surface area contributed by atoms with Gasteiger partial charge in [-0.25, -0.2) is 4.98 Å². The summed E-state index contributed by atoms with van der Waals surface area (Å²) in [6.45, 7) is 2.27. The summed E-state index contributed by atoms with van der Waals surface area (Å²) in [5, 5.41) is 8.59. The van der Waals surface area contributed by atoms with Crippen LogP contribution in [0.1, 0.15) is 36.2 Å². The average Bonchev–Trinajstić information content (AvgIpc) is 3.41. The molecule has 2 fully saturated rings. The van der Waals surface area contributed by atoms with E-state index in [0.717, 1.165) is 19.4 Å². The van der Waals surface area contributed by atoms with Crippen LogP contribution in [0.25, 0.3) is 0 Å². The van der Waals surface area contributed by atoms with Crippen molar-refractivity contribution < 1.29 is 19.2 Å². The number of carbonyl (C=O) groups is 2. The highest BCUT2D eigenvalue weighted by molar-refractivity contribution is 7.07. The summed E-state index contributed by atoms with van der Waals surface area (Å²) in [5.74, 6) is -0.310. The summed E-state index contributed by atoms with van der Waals surface area (Å²) in [6, 6.07) is 0. The first-order valence-corrected chi connectivity index (χ1v) is 9.42. The maximum Gasteiger partial charge on any atom is 0.273 e. The number of hydrogen-bond acceptors (Lipinski definition) is 7. The van der Waals surface area contributed by atoms with E-state index in [1.54, 1.807) is 15.8 Å². The molecule has 4 heterocycles. The molecule has 0 bridgehead atoms. The van der Waals surface area contributed by atoms with Crippen LogP contribution >= 0.6 is 11.3 Å². The lowest BCUT2D eigenvalue weighted by molar-refractivity contribution is -0.115. The van der Waals surface area contributed by atoms with Crippen molar-refractivity contribution in [3.8, 4) is 0 Å². The molecule has 2 atom stereocenters. The second kappa shape index (κ2) is 6.72. The third kappa shape index (κ3) is 3.38. The number of likely N-dealkylation sites (tertiary alicyclic amines) is 1. The minimum atomic E-state index is -0.581. The Balaban J connectivity index is 1.30. The highest BCUT2D eigenvalue weighted by Gasteiger charge is 2.48. The van der Waals surface area contributed by atoms with Crippen LogP contribution in [0, 0.1) is 0 Å². The van der Waals surface area contributed by atoms with Crippen LogP contribution in [-0.2, 0) is 14.4 Å². The summed E-state index contributed by atoms with van der Waals surface area (Å²) in [6.07, 6.45) is 3.19. The number of ether oxygens (including phenoxy) is 1. The number of aromatic nitrogens is 1. The number of oxime groups is 1. The molecule has 0 unspecified atom stereocenters. The van der Waals surface area contributed by atoms with Crippen LogP contribution in [0.2, 0.25) is 0 Å². The van der Waals surface area contributed by atoms with Crippen molar-refractivity contribution in [1.82, 2.24) is 15.2 Å². The van der Waals surface area contributed by atoms with Gasteiger partial charge in [0.25, 0.3) is 11.8 Å². The number of amides is 2. The second-order valence-corrected chi connectivity index (χ2v) is 7.40. The van der Waals surface area contributed by atoms with E-state index in [9.17, 15) is 9.59 Å². The monoisotopic (exact) mass is 364 g/mol. The Morgan fingerprint density at radius 3 is 3.16 bits per heavy atom. The van der Waals surface area contributed by atoms with Crippen LogP contribution in [0.4, 0.5) is 0 Å². The fraction of sp³-hybridized carbons (Fsp3) is 0.625. The van der Waals surface area contributed by atoms with Gasteiger partial charge in [-0.3, -0.25) is 9.59 Å². The zero-order valence-electron chi connectivity index (χ0n) is 13.8. The van der Waals surface area contributed by atoms with Crippen LogP contribution in [0.5, 0.6) is 0 Å². The average molecular weight is 364 g/mol. The molecule has 9 heteroatoms. The van der Waals surface area contributed by atoms with Gasteiger partial charge in [-0.15, -0.1) is 11.3 Å². The van der Waals surface area contributed by atoms with Crippen molar-refractivity contribution in [3.05, 3.63) is 16.6 Å². The Kier molecular flexibility index (Phi) is 4.43. The van der Waals surface area contributed by atoms with E-state index >= 15 is 0 Å². The lowest BCUT2D eigenvalue weighted by Gasteiger charge is -2.21. The van der Waals surface area contributed by atoms with Gasteiger partial charge in [0.2, 0.25) is 0 Å². The van der Waals surface area contributed by atoms with Gasteiger partial charge in [0.15, 0.2) is 5.60 Å². The van der Waals surface area contributed by atoms with Gasteiger partial charge in [-0.2, -0.15) is 0 Å². The van der Waals surface area contributed by atoms with E-state index in [0.29, 0.717) is 43.9 Å². The van der Waals surface area contributed by atoms with E-state index in [1.807, 2.05) is 0 Å². The van der Waals surface area contributed by atoms with Crippen LogP contribution < -0.4 is 5.32 Å². The molecule has 1 N–H and O–H groups in total. The molecule has 134 valence electrons. The highest BCUT2D eigenvalue weighted by Crippen LogP contribution is 2.34. The first kappa shape index (κ1) is 16.5. The molecule has 25 heavy (non-hydrogen) atoms. The van der Waals surface area contributed by atoms with Gasteiger partial charge in [0.05, 0.1) is 18.2 Å². The van der Waals surface area contributed by atoms with Gasteiger partial charge in [-0.1, -0.05) is 5.16 Å². The first-order chi connectivity index (χ1) is 12.2. The van der Waals surface area contributed by atoms with Gasteiger partial charge in [-0.05, 0) is 12.8 Å². The molecule has 8 nitrogen and oxygen atoms in total. The predicted molar refractivity (Wildman–Crippen MR) is 90.5 cm³/mol. The molecule has 0 saturated carbocycles. The summed E-state index contributed by atoms with van der Waals surface area (Å²) >= 11 is 1.39. The fourth-order valence-electron chi connectivity index (χ4n) is 3.47. The maximum atomic E-state index is 12.4. The van der Waals surface area contributed by atoms with Crippen molar-refractivity contribution in [1.29, 1.82) is 0 Å². The lowest BCUT2D eigenvalue weighted by atomic mass is 9.96. The molecule has 3 aliphatic rings. The molecular weight excluding hydrogens is 344 g/mol. The Hall–Kier alpha value is -2.00. The molecule has 2 amide bonds. The molecule has 0 aromatic carbocycles. The number of rotatable bonds is 4. The predicted octanol–water partition coefficient (Wildman–Crippen LogP) is 0.799. The van der Waals surface area contributed by atoms with Crippen LogP contribution in [0.15, 0.2) is 16.0 Å². The minimum absolute atomic E-state index is 0.0959. The summed E-state index contributed by atoms with van der Waals surface area (Å²) in [5.41, 5.74) is 1.91. The van der Waals surface area contributed by atoms with Gasteiger partial charge in [0, 0.05) is 37.9 Å². The standard InChI is InChI=1S/C16H20N4O4S/c21-14(17-7-11-2-1-5-23-11)12-6-16(24-19-12)3-4-20(9-16)15(22)13-8-25-10-18-13/h8,10-11H,1-7,9H2,(H,17,21)/t11-,16-/m1/s1. The third-order valence-electron chi connectivity index (χ3n) is 4.87. The normalized spacial score (nSPS) is 28.2. The van der Waals surface area contributed by atoms with E-state index < -0.39 is 5.60 Å². The molecule has 1 aromatic rings. The molecular formula is C16H20N4O4S. The molecule has 1 aromatic heterocycles. The number of carbonyl (C=O) groups excluding carboxylic acids is 2. The summed E-state index contributed by atoms with van der Waals surface area (Å²) in [7, 11) is 0. The summed E-state index contributed by atoms with van der Waals surface area (Å²) < 4.78 is 5.50.